The number of sulfone groups is 1. The van der Waals surface area contributed by atoms with Gasteiger partial charge in [-0.1, -0.05) is 29.8 Å². The standard InChI is InChI=1S/C18H15N3O2S/c1-14-2-8-18(9-3-14)24(22,23)13-15-4-6-17(7-5-15)21-12-16(10-19)11-20/h2-9,12,21H,13H2,1H3. The second kappa shape index (κ2) is 7.45. The van der Waals surface area contributed by atoms with E-state index in [1.807, 2.05) is 6.92 Å². The Morgan fingerprint density at radius 1 is 1.04 bits per heavy atom. The average Bonchev–Trinajstić information content (AvgIpc) is 2.57. The van der Waals surface area contributed by atoms with Crippen LogP contribution in [0.25, 0.3) is 0 Å². The van der Waals surface area contributed by atoms with Gasteiger partial charge in [0.15, 0.2) is 9.84 Å². The molecule has 0 aliphatic rings. The second-order valence-corrected chi connectivity index (χ2v) is 7.18. The van der Waals surface area contributed by atoms with E-state index >= 15 is 0 Å². The van der Waals surface area contributed by atoms with Gasteiger partial charge in [-0.25, -0.2) is 8.42 Å². The zero-order valence-electron chi connectivity index (χ0n) is 13.0. The smallest absolute Gasteiger partial charge is 0.182 e. The lowest BCUT2D eigenvalue weighted by Crippen LogP contribution is -2.05. The second-order valence-electron chi connectivity index (χ2n) is 5.20. The highest BCUT2D eigenvalue weighted by Gasteiger charge is 2.14. The van der Waals surface area contributed by atoms with Crippen molar-refractivity contribution in [2.75, 3.05) is 5.32 Å². The average molecular weight is 337 g/mol. The zero-order chi connectivity index (χ0) is 17.6. The van der Waals surface area contributed by atoms with Crippen LogP contribution in [0.15, 0.2) is 65.2 Å². The molecule has 5 nitrogen and oxygen atoms in total. The molecule has 2 rings (SSSR count). The summed E-state index contributed by atoms with van der Waals surface area (Å²) in [5.74, 6) is -0.0895. The third kappa shape index (κ3) is 4.45. The van der Waals surface area contributed by atoms with Crippen molar-refractivity contribution in [2.45, 2.75) is 17.6 Å². The SMILES string of the molecule is Cc1ccc(S(=O)(=O)Cc2ccc(NC=C(C#N)C#N)cc2)cc1. The van der Waals surface area contributed by atoms with Crippen LogP contribution in [-0.2, 0) is 15.6 Å². The Kier molecular flexibility index (Phi) is 5.36. The van der Waals surface area contributed by atoms with Crippen molar-refractivity contribution in [3.8, 4) is 12.1 Å². The Labute approximate surface area is 141 Å². The monoisotopic (exact) mass is 337 g/mol. The molecule has 0 saturated heterocycles. The van der Waals surface area contributed by atoms with E-state index in [-0.39, 0.29) is 11.3 Å². The molecule has 2 aromatic carbocycles. The highest BCUT2D eigenvalue weighted by Crippen LogP contribution is 2.18. The van der Waals surface area contributed by atoms with Gasteiger partial charge in [0, 0.05) is 11.9 Å². The Bertz CT molecular complexity index is 914. The fourth-order valence-corrected chi connectivity index (χ4v) is 3.34. The van der Waals surface area contributed by atoms with Crippen LogP contribution in [0.2, 0.25) is 0 Å². The Morgan fingerprint density at radius 3 is 2.17 bits per heavy atom. The van der Waals surface area contributed by atoms with Crippen molar-refractivity contribution in [3.05, 3.63) is 71.4 Å². The molecule has 0 amide bonds. The summed E-state index contributed by atoms with van der Waals surface area (Å²) in [5, 5.41) is 20.1. The molecule has 1 N–H and O–H groups in total. The molecule has 0 aromatic heterocycles. The quantitative estimate of drug-likeness (QED) is 0.845. The van der Waals surface area contributed by atoms with E-state index in [1.54, 1.807) is 60.7 Å². The molecule has 0 unspecified atom stereocenters. The van der Waals surface area contributed by atoms with Gasteiger partial charge in [-0.2, -0.15) is 10.5 Å². The maximum absolute atomic E-state index is 12.4. The van der Waals surface area contributed by atoms with Crippen LogP contribution in [0.5, 0.6) is 0 Å². The minimum Gasteiger partial charge on any atom is -0.360 e. The molecule has 0 radical (unpaired) electrons. The fraction of sp³-hybridized carbons (Fsp3) is 0.111. The summed E-state index contributed by atoms with van der Waals surface area (Å²) in [4.78, 5) is 0.297. The number of hydrogen-bond donors (Lipinski definition) is 1. The Morgan fingerprint density at radius 2 is 1.62 bits per heavy atom. The van der Waals surface area contributed by atoms with Crippen LogP contribution in [0.4, 0.5) is 5.69 Å². The number of allylic oxidation sites excluding steroid dienone is 1. The van der Waals surface area contributed by atoms with E-state index in [0.29, 0.717) is 16.1 Å². The molecule has 0 bridgehead atoms. The molecule has 0 fully saturated rings. The molecule has 2 aromatic rings. The Hall–Kier alpha value is -3.09. The summed E-state index contributed by atoms with van der Waals surface area (Å²) in [6, 6.07) is 17.0. The van der Waals surface area contributed by atoms with Crippen molar-refractivity contribution in [2.24, 2.45) is 0 Å². The summed E-state index contributed by atoms with van der Waals surface area (Å²) >= 11 is 0. The number of nitrogens with zero attached hydrogens (tertiary/aromatic N) is 2. The lowest BCUT2D eigenvalue weighted by Gasteiger charge is -2.06. The maximum Gasteiger partial charge on any atom is 0.182 e. The fourth-order valence-electron chi connectivity index (χ4n) is 1.99. The first-order valence-electron chi connectivity index (χ1n) is 7.10. The van der Waals surface area contributed by atoms with E-state index in [9.17, 15) is 8.42 Å². The molecule has 0 spiro atoms. The van der Waals surface area contributed by atoms with Gasteiger partial charge in [0.05, 0.1) is 10.6 Å². The molecule has 0 heterocycles. The van der Waals surface area contributed by atoms with Crippen LogP contribution in [0.3, 0.4) is 0 Å². The van der Waals surface area contributed by atoms with Gasteiger partial charge in [0.2, 0.25) is 0 Å². The topological polar surface area (TPSA) is 93.8 Å². The van der Waals surface area contributed by atoms with Gasteiger partial charge in [-0.3, -0.25) is 0 Å². The van der Waals surface area contributed by atoms with Crippen molar-refractivity contribution in [1.82, 2.24) is 0 Å². The summed E-state index contributed by atoms with van der Waals surface area (Å²) in [5.41, 5.74) is 2.29. The van der Waals surface area contributed by atoms with E-state index in [1.165, 1.54) is 6.20 Å². The first-order chi connectivity index (χ1) is 11.4. The molecule has 0 aliphatic heterocycles. The molecule has 120 valence electrons. The first-order valence-corrected chi connectivity index (χ1v) is 8.75. The van der Waals surface area contributed by atoms with Crippen molar-refractivity contribution in [3.63, 3.8) is 0 Å². The number of rotatable bonds is 5. The van der Waals surface area contributed by atoms with Crippen LogP contribution in [0, 0.1) is 29.6 Å². The summed E-state index contributed by atoms with van der Waals surface area (Å²) in [7, 11) is -3.40. The number of nitriles is 2. The molecule has 6 heteroatoms. The number of anilines is 1. The van der Waals surface area contributed by atoms with Crippen molar-refractivity contribution >= 4 is 15.5 Å². The number of aryl methyl sites for hydroxylation is 1. The van der Waals surface area contributed by atoms with Crippen LogP contribution < -0.4 is 5.32 Å². The van der Waals surface area contributed by atoms with Crippen LogP contribution in [-0.4, -0.2) is 8.42 Å². The molecule has 24 heavy (non-hydrogen) atoms. The lowest BCUT2D eigenvalue weighted by atomic mass is 10.2. The van der Waals surface area contributed by atoms with E-state index < -0.39 is 9.84 Å². The summed E-state index contributed by atoms with van der Waals surface area (Å²) in [6.07, 6.45) is 1.30. The van der Waals surface area contributed by atoms with Gasteiger partial charge in [0.25, 0.3) is 0 Å². The van der Waals surface area contributed by atoms with Gasteiger partial charge in [-0.05, 0) is 36.8 Å². The Balaban J connectivity index is 2.12. The zero-order valence-corrected chi connectivity index (χ0v) is 13.8. The van der Waals surface area contributed by atoms with Gasteiger partial charge < -0.3 is 5.32 Å². The van der Waals surface area contributed by atoms with Crippen LogP contribution >= 0.6 is 0 Å². The van der Waals surface area contributed by atoms with E-state index in [4.69, 9.17) is 10.5 Å². The van der Waals surface area contributed by atoms with E-state index in [0.717, 1.165) is 5.56 Å². The number of benzene rings is 2. The summed E-state index contributed by atoms with van der Waals surface area (Å²) in [6.45, 7) is 1.90. The minimum atomic E-state index is -3.40. The van der Waals surface area contributed by atoms with Crippen molar-refractivity contribution < 1.29 is 8.42 Å². The number of nitrogens with one attached hydrogen (secondary N) is 1. The predicted octanol–water partition coefficient (Wildman–Crippen LogP) is 3.31. The van der Waals surface area contributed by atoms with Gasteiger partial charge >= 0.3 is 0 Å². The highest BCUT2D eigenvalue weighted by atomic mass is 32.2. The molecule has 0 atom stereocenters. The maximum atomic E-state index is 12.4. The van der Waals surface area contributed by atoms with Crippen molar-refractivity contribution in [1.29, 1.82) is 10.5 Å². The molecule has 0 aliphatic carbocycles. The predicted molar refractivity (Wildman–Crippen MR) is 91.4 cm³/mol. The highest BCUT2D eigenvalue weighted by molar-refractivity contribution is 7.90. The molecular weight excluding hydrogens is 322 g/mol. The minimum absolute atomic E-state index is 0.0407. The lowest BCUT2D eigenvalue weighted by molar-refractivity contribution is 0.595. The number of hydrogen-bond acceptors (Lipinski definition) is 5. The first kappa shape index (κ1) is 17.3. The molecular formula is C18H15N3O2S. The third-order valence-electron chi connectivity index (χ3n) is 3.31. The third-order valence-corrected chi connectivity index (χ3v) is 5.02. The molecule has 0 saturated carbocycles. The normalized spacial score (nSPS) is 10.3. The van der Waals surface area contributed by atoms with E-state index in [2.05, 4.69) is 5.32 Å². The summed E-state index contributed by atoms with van der Waals surface area (Å²) < 4.78 is 24.8. The van der Waals surface area contributed by atoms with Gasteiger partial charge in [0.1, 0.15) is 17.7 Å². The largest absolute Gasteiger partial charge is 0.360 e. The van der Waals surface area contributed by atoms with Gasteiger partial charge in [-0.15, -0.1) is 0 Å². The van der Waals surface area contributed by atoms with Crippen LogP contribution in [0.1, 0.15) is 11.1 Å².